The Morgan fingerprint density at radius 3 is 2.93 bits per heavy atom. The van der Waals surface area contributed by atoms with Crippen molar-refractivity contribution < 1.29 is 15.0 Å². The highest BCUT2D eigenvalue weighted by Crippen LogP contribution is 2.36. The first kappa shape index (κ1) is 10.2. The minimum absolute atomic E-state index is 0.239. The summed E-state index contributed by atoms with van der Waals surface area (Å²) in [5.41, 5.74) is 3.29. The van der Waals surface area contributed by atoms with Crippen molar-refractivity contribution in [3.63, 3.8) is 0 Å². The number of fused-ring (bicyclic) bond motifs is 1. The van der Waals surface area contributed by atoms with Crippen LogP contribution in [0.25, 0.3) is 0 Å². The topological polar surface area (TPSA) is 57.5 Å². The zero-order valence-electron chi connectivity index (χ0n) is 8.60. The lowest BCUT2D eigenvalue weighted by Gasteiger charge is -2.15. The van der Waals surface area contributed by atoms with Gasteiger partial charge in [-0.3, -0.25) is 0 Å². The van der Waals surface area contributed by atoms with Crippen molar-refractivity contribution in [2.45, 2.75) is 31.8 Å². The van der Waals surface area contributed by atoms with Gasteiger partial charge in [0.1, 0.15) is 0 Å². The Morgan fingerprint density at radius 1 is 1.53 bits per heavy atom. The molecule has 0 aliphatic heterocycles. The van der Waals surface area contributed by atoms with Gasteiger partial charge in [-0.25, -0.2) is 4.79 Å². The van der Waals surface area contributed by atoms with Crippen molar-refractivity contribution in [1.82, 2.24) is 0 Å². The van der Waals surface area contributed by atoms with E-state index in [0.29, 0.717) is 0 Å². The molecule has 3 nitrogen and oxygen atoms in total. The normalized spacial score (nSPS) is 21.1. The number of carboxylic acid groups (broad SMARTS) is 1. The Labute approximate surface area is 88.4 Å². The quantitative estimate of drug-likeness (QED) is 0.770. The van der Waals surface area contributed by atoms with Crippen LogP contribution in [0.5, 0.6) is 0 Å². The first-order valence-corrected chi connectivity index (χ1v) is 5.10. The second-order valence-electron chi connectivity index (χ2n) is 4.13. The maximum absolute atomic E-state index is 10.7. The van der Waals surface area contributed by atoms with Crippen LogP contribution in [0, 0.1) is 6.92 Å². The molecule has 0 saturated carbocycles. The molecule has 2 rings (SSSR count). The van der Waals surface area contributed by atoms with Crippen LogP contribution in [0.1, 0.15) is 29.0 Å². The summed E-state index contributed by atoms with van der Waals surface area (Å²) in [5, 5.41) is 18.4. The molecule has 1 aliphatic carbocycles. The average Bonchev–Trinajstić information content (AvgIpc) is 2.59. The predicted octanol–water partition coefficient (Wildman–Crippen LogP) is 1.47. The fraction of sp³-hybridized carbons (Fsp3) is 0.417. The van der Waals surface area contributed by atoms with Crippen LogP contribution >= 0.6 is 0 Å². The summed E-state index contributed by atoms with van der Waals surface area (Å²) >= 11 is 0. The van der Waals surface area contributed by atoms with E-state index in [0.717, 1.165) is 24.0 Å². The zero-order chi connectivity index (χ0) is 11.0. The molecule has 80 valence electrons. The molecule has 0 heterocycles. The number of carbonyl (C=O) groups is 1. The van der Waals surface area contributed by atoms with Gasteiger partial charge in [0.2, 0.25) is 0 Å². The summed E-state index contributed by atoms with van der Waals surface area (Å²) in [6.07, 6.45) is 0.324. The molecule has 0 radical (unpaired) electrons. The molecular formula is C12H14O3. The number of benzene rings is 1. The Hall–Kier alpha value is -1.35. The van der Waals surface area contributed by atoms with Crippen LogP contribution < -0.4 is 0 Å². The number of hydrogen-bond acceptors (Lipinski definition) is 2. The van der Waals surface area contributed by atoms with E-state index in [2.05, 4.69) is 0 Å². The second kappa shape index (κ2) is 3.66. The first-order chi connectivity index (χ1) is 7.09. The number of aliphatic carboxylic acids is 1. The van der Waals surface area contributed by atoms with Crippen LogP contribution in [-0.2, 0) is 11.2 Å². The summed E-state index contributed by atoms with van der Waals surface area (Å²) < 4.78 is 0. The van der Waals surface area contributed by atoms with Crippen molar-refractivity contribution >= 4 is 5.97 Å². The van der Waals surface area contributed by atoms with E-state index in [4.69, 9.17) is 5.11 Å². The van der Waals surface area contributed by atoms with Gasteiger partial charge in [-0.15, -0.1) is 0 Å². The van der Waals surface area contributed by atoms with Gasteiger partial charge in [-0.2, -0.15) is 0 Å². The minimum atomic E-state index is -1.27. The largest absolute Gasteiger partial charge is 0.479 e. The Morgan fingerprint density at radius 2 is 2.27 bits per heavy atom. The summed E-state index contributed by atoms with van der Waals surface area (Å²) in [4.78, 5) is 10.7. The molecule has 0 saturated heterocycles. The number of hydrogen-bond donors (Lipinski definition) is 2. The van der Waals surface area contributed by atoms with E-state index in [-0.39, 0.29) is 5.92 Å². The summed E-state index contributed by atoms with van der Waals surface area (Å²) in [6.45, 7) is 1.98. The van der Waals surface area contributed by atoms with Gasteiger partial charge in [0.25, 0.3) is 0 Å². The van der Waals surface area contributed by atoms with Crippen molar-refractivity contribution in [2.24, 2.45) is 0 Å². The Balaban J connectivity index is 2.35. The van der Waals surface area contributed by atoms with E-state index in [9.17, 15) is 9.90 Å². The molecule has 15 heavy (non-hydrogen) atoms. The highest BCUT2D eigenvalue weighted by molar-refractivity contribution is 5.74. The lowest BCUT2D eigenvalue weighted by atomic mass is 9.94. The number of carboxylic acids is 1. The van der Waals surface area contributed by atoms with Crippen molar-refractivity contribution in [1.29, 1.82) is 0 Å². The Kier molecular flexibility index (Phi) is 2.49. The molecule has 2 N–H and O–H groups in total. The van der Waals surface area contributed by atoms with Crippen LogP contribution in [0.4, 0.5) is 0 Å². The molecule has 2 unspecified atom stereocenters. The number of rotatable bonds is 2. The summed E-state index contributed by atoms with van der Waals surface area (Å²) in [5.74, 6) is -1.37. The molecule has 2 atom stereocenters. The van der Waals surface area contributed by atoms with E-state index in [1.165, 1.54) is 5.56 Å². The highest BCUT2D eigenvalue weighted by atomic mass is 16.4. The van der Waals surface area contributed by atoms with E-state index in [1.807, 2.05) is 25.1 Å². The molecule has 3 heteroatoms. The minimum Gasteiger partial charge on any atom is -0.479 e. The fourth-order valence-electron chi connectivity index (χ4n) is 2.25. The molecule has 0 spiro atoms. The van der Waals surface area contributed by atoms with Gasteiger partial charge in [-0.05, 0) is 30.9 Å². The van der Waals surface area contributed by atoms with Crippen molar-refractivity contribution in [3.8, 4) is 0 Å². The highest BCUT2D eigenvalue weighted by Gasteiger charge is 2.32. The van der Waals surface area contributed by atoms with E-state index in [1.54, 1.807) is 0 Å². The van der Waals surface area contributed by atoms with Crippen LogP contribution in [-0.4, -0.2) is 22.3 Å². The molecule has 0 aromatic heterocycles. The molecule has 0 fully saturated rings. The van der Waals surface area contributed by atoms with Crippen LogP contribution in [0.2, 0.25) is 0 Å². The third kappa shape index (κ3) is 1.75. The lowest BCUT2D eigenvalue weighted by Crippen LogP contribution is -2.26. The number of aliphatic hydroxyl groups is 1. The van der Waals surface area contributed by atoms with Crippen molar-refractivity contribution in [3.05, 3.63) is 34.9 Å². The number of aliphatic hydroxyl groups excluding tert-OH is 1. The van der Waals surface area contributed by atoms with Gasteiger partial charge < -0.3 is 10.2 Å². The van der Waals surface area contributed by atoms with E-state index >= 15 is 0 Å². The second-order valence-corrected chi connectivity index (χ2v) is 4.13. The zero-order valence-corrected chi connectivity index (χ0v) is 8.60. The molecule has 1 aromatic carbocycles. The van der Waals surface area contributed by atoms with Gasteiger partial charge in [-0.1, -0.05) is 23.8 Å². The smallest absolute Gasteiger partial charge is 0.333 e. The molecule has 1 aliphatic rings. The fourth-order valence-corrected chi connectivity index (χ4v) is 2.25. The standard InChI is InChI=1S/C12H14O3/c1-7-2-3-8-4-5-9(10(8)6-7)11(13)12(14)15/h2-3,6,9,11,13H,4-5H2,1H3,(H,14,15). The van der Waals surface area contributed by atoms with E-state index < -0.39 is 12.1 Å². The van der Waals surface area contributed by atoms with Gasteiger partial charge in [0, 0.05) is 5.92 Å². The van der Waals surface area contributed by atoms with Crippen LogP contribution in [0.15, 0.2) is 18.2 Å². The lowest BCUT2D eigenvalue weighted by molar-refractivity contribution is -0.147. The monoisotopic (exact) mass is 206 g/mol. The maximum atomic E-state index is 10.7. The molecule has 1 aromatic rings. The maximum Gasteiger partial charge on any atom is 0.333 e. The molecular weight excluding hydrogens is 192 g/mol. The third-order valence-corrected chi connectivity index (χ3v) is 3.06. The SMILES string of the molecule is Cc1ccc2c(c1)C(C(O)C(=O)O)CC2. The first-order valence-electron chi connectivity index (χ1n) is 5.10. The summed E-state index contributed by atoms with van der Waals surface area (Å²) in [6, 6.07) is 6.03. The molecule has 0 bridgehead atoms. The van der Waals surface area contributed by atoms with Crippen molar-refractivity contribution in [2.75, 3.05) is 0 Å². The van der Waals surface area contributed by atoms with Gasteiger partial charge in [0.05, 0.1) is 0 Å². The number of aryl methyl sites for hydroxylation is 2. The third-order valence-electron chi connectivity index (χ3n) is 3.06. The average molecular weight is 206 g/mol. The molecule has 0 amide bonds. The Bertz CT molecular complexity index is 398. The van der Waals surface area contributed by atoms with Gasteiger partial charge >= 0.3 is 5.97 Å². The van der Waals surface area contributed by atoms with Gasteiger partial charge in [0.15, 0.2) is 6.10 Å². The summed E-state index contributed by atoms with van der Waals surface area (Å²) in [7, 11) is 0. The predicted molar refractivity (Wildman–Crippen MR) is 55.9 cm³/mol. The van der Waals surface area contributed by atoms with Crippen LogP contribution in [0.3, 0.4) is 0 Å².